The van der Waals surface area contributed by atoms with Gasteiger partial charge in [-0.15, -0.1) is 0 Å². The van der Waals surface area contributed by atoms with Crippen LogP contribution in [-0.4, -0.2) is 47.2 Å². The molecule has 104 valence electrons. The van der Waals surface area contributed by atoms with Gasteiger partial charge in [0.15, 0.2) is 0 Å². The number of amides is 1. The Hall–Kier alpha value is -0.610. The van der Waals surface area contributed by atoms with Crippen LogP contribution < -0.4 is 5.32 Å². The van der Waals surface area contributed by atoms with E-state index < -0.39 is 11.0 Å². The molecule has 18 heavy (non-hydrogen) atoms. The first-order chi connectivity index (χ1) is 8.36. The first-order valence-electron chi connectivity index (χ1n) is 7.10. The molecule has 2 aliphatic heterocycles. The number of aliphatic hydroxyl groups is 1. The van der Waals surface area contributed by atoms with Gasteiger partial charge in [0.25, 0.3) is 5.91 Å². The lowest BCUT2D eigenvalue weighted by atomic mass is 9.71. The lowest BCUT2D eigenvalue weighted by Crippen LogP contribution is -2.62. The van der Waals surface area contributed by atoms with Crippen molar-refractivity contribution in [1.29, 1.82) is 0 Å². The molecule has 0 aromatic heterocycles. The lowest BCUT2D eigenvalue weighted by Gasteiger charge is -2.48. The van der Waals surface area contributed by atoms with Crippen molar-refractivity contribution in [3.8, 4) is 0 Å². The molecule has 0 aromatic rings. The van der Waals surface area contributed by atoms with E-state index in [0.717, 1.165) is 38.9 Å². The Kier molecular flexibility index (Phi) is 3.70. The first-order valence-corrected chi connectivity index (χ1v) is 7.10. The van der Waals surface area contributed by atoms with Gasteiger partial charge in [-0.05, 0) is 44.2 Å². The van der Waals surface area contributed by atoms with Crippen LogP contribution in [0, 0.1) is 5.41 Å². The van der Waals surface area contributed by atoms with E-state index in [1.165, 1.54) is 0 Å². The van der Waals surface area contributed by atoms with Crippen molar-refractivity contribution in [3.63, 3.8) is 0 Å². The molecule has 4 heteroatoms. The number of piperidine rings is 2. The minimum atomic E-state index is -1.18. The fourth-order valence-corrected chi connectivity index (χ4v) is 3.11. The number of rotatable bonds is 1. The molecule has 2 saturated heterocycles. The molecule has 0 aliphatic carbocycles. The normalized spacial score (nSPS) is 31.8. The number of hydrogen-bond donors (Lipinski definition) is 2. The van der Waals surface area contributed by atoms with Crippen LogP contribution in [0.1, 0.15) is 46.5 Å². The SMILES string of the molecule is CC(C)(C)[C@]1(O)CCCN(C2CCNCC2)C1=O. The highest BCUT2D eigenvalue weighted by atomic mass is 16.3. The van der Waals surface area contributed by atoms with Crippen molar-refractivity contribution >= 4 is 5.91 Å². The summed E-state index contributed by atoms with van der Waals surface area (Å²) in [5.41, 5.74) is -1.58. The third-order valence-electron chi connectivity index (χ3n) is 4.54. The van der Waals surface area contributed by atoms with Crippen molar-refractivity contribution in [2.24, 2.45) is 5.41 Å². The molecule has 2 rings (SSSR count). The molecule has 2 aliphatic rings. The van der Waals surface area contributed by atoms with Crippen molar-refractivity contribution in [2.45, 2.75) is 58.1 Å². The average Bonchev–Trinajstić information content (AvgIpc) is 2.32. The third-order valence-corrected chi connectivity index (χ3v) is 4.54. The molecule has 0 radical (unpaired) electrons. The molecule has 0 unspecified atom stereocenters. The van der Waals surface area contributed by atoms with Crippen LogP contribution in [0.3, 0.4) is 0 Å². The Labute approximate surface area is 110 Å². The van der Waals surface area contributed by atoms with Gasteiger partial charge in [0.2, 0.25) is 0 Å². The van der Waals surface area contributed by atoms with Crippen molar-refractivity contribution in [2.75, 3.05) is 19.6 Å². The summed E-state index contributed by atoms with van der Waals surface area (Å²) in [7, 11) is 0. The van der Waals surface area contributed by atoms with Crippen LogP contribution in [0.2, 0.25) is 0 Å². The van der Waals surface area contributed by atoms with Gasteiger partial charge in [-0.2, -0.15) is 0 Å². The van der Waals surface area contributed by atoms with Gasteiger partial charge in [0, 0.05) is 12.6 Å². The molecule has 2 fully saturated rings. The second-order valence-electron chi connectivity index (χ2n) is 6.69. The van der Waals surface area contributed by atoms with Crippen molar-refractivity contribution in [3.05, 3.63) is 0 Å². The Bertz CT molecular complexity index is 318. The summed E-state index contributed by atoms with van der Waals surface area (Å²) in [4.78, 5) is 14.6. The van der Waals surface area contributed by atoms with Gasteiger partial charge in [-0.25, -0.2) is 0 Å². The summed E-state index contributed by atoms with van der Waals surface area (Å²) in [6, 6.07) is 0.313. The predicted octanol–water partition coefficient (Wildman–Crippen LogP) is 1.14. The highest BCUT2D eigenvalue weighted by Gasteiger charge is 2.51. The smallest absolute Gasteiger partial charge is 0.255 e. The van der Waals surface area contributed by atoms with Crippen LogP contribution in [0.5, 0.6) is 0 Å². The minimum absolute atomic E-state index is 0.0480. The van der Waals surface area contributed by atoms with Crippen molar-refractivity contribution in [1.82, 2.24) is 10.2 Å². The molecule has 2 heterocycles. The largest absolute Gasteiger partial charge is 0.379 e. The van der Waals surface area contributed by atoms with Crippen LogP contribution in [-0.2, 0) is 4.79 Å². The summed E-state index contributed by atoms with van der Waals surface area (Å²) in [6.07, 6.45) is 3.51. The Morgan fingerprint density at radius 3 is 2.50 bits per heavy atom. The van der Waals surface area contributed by atoms with E-state index in [9.17, 15) is 9.90 Å². The number of carbonyl (C=O) groups excluding carboxylic acids is 1. The van der Waals surface area contributed by atoms with Gasteiger partial charge >= 0.3 is 0 Å². The second kappa shape index (κ2) is 4.82. The van der Waals surface area contributed by atoms with Crippen LogP contribution in [0.15, 0.2) is 0 Å². The van der Waals surface area contributed by atoms with E-state index in [2.05, 4.69) is 5.32 Å². The maximum absolute atomic E-state index is 12.6. The molecule has 0 bridgehead atoms. The second-order valence-corrected chi connectivity index (χ2v) is 6.69. The molecular formula is C14H26N2O2. The Morgan fingerprint density at radius 2 is 1.94 bits per heavy atom. The summed E-state index contributed by atoms with van der Waals surface area (Å²) < 4.78 is 0. The average molecular weight is 254 g/mol. The van der Waals surface area contributed by atoms with Crippen molar-refractivity contribution < 1.29 is 9.90 Å². The summed E-state index contributed by atoms with van der Waals surface area (Å²) in [6.45, 7) is 8.62. The van der Waals surface area contributed by atoms with E-state index in [0.29, 0.717) is 12.5 Å². The van der Waals surface area contributed by atoms with E-state index in [4.69, 9.17) is 0 Å². The number of hydrogen-bond acceptors (Lipinski definition) is 3. The minimum Gasteiger partial charge on any atom is -0.379 e. The predicted molar refractivity (Wildman–Crippen MR) is 71.2 cm³/mol. The zero-order valence-electron chi connectivity index (χ0n) is 11.8. The fourth-order valence-electron chi connectivity index (χ4n) is 3.11. The Morgan fingerprint density at radius 1 is 1.33 bits per heavy atom. The van der Waals surface area contributed by atoms with Crippen LogP contribution in [0.25, 0.3) is 0 Å². The molecule has 0 saturated carbocycles. The number of carbonyl (C=O) groups is 1. The van der Waals surface area contributed by atoms with Gasteiger partial charge in [0.05, 0.1) is 0 Å². The molecule has 4 nitrogen and oxygen atoms in total. The zero-order chi connectivity index (χ0) is 13.4. The molecule has 1 amide bonds. The van der Waals surface area contributed by atoms with Crippen LogP contribution in [0.4, 0.5) is 0 Å². The van der Waals surface area contributed by atoms with Crippen LogP contribution >= 0.6 is 0 Å². The number of nitrogens with one attached hydrogen (secondary N) is 1. The summed E-state index contributed by atoms with van der Waals surface area (Å²) in [5.74, 6) is -0.0480. The lowest BCUT2D eigenvalue weighted by molar-refractivity contribution is -0.175. The highest BCUT2D eigenvalue weighted by Crippen LogP contribution is 2.39. The molecule has 0 aromatic carbocycles. The monoisotopic (exact) mass is 254 g/mol. The van der Waals surface area contributed by atoms with E-state index in [-0.39, 0.29) is 5.91 Å². The molecule has 1 atom stereocenters. The summed E-state index contributed by atoms with van der Waals surface area (Å²) in [5, 5.41) is 14.1. The summed E-state index contributed by atoms with van der Waals surface area (Å²) >= 11 is 0. The third kappa shape index (κ3) is 2.28. The number of nitrogens with zero attached hydrogens (tertiary/aromatic N) is 1. The molecular weight excluding hydrogens is 228 g/mol. The Balaban J connectivity index is 2.16. The van der Waals surface area contributed by atoms with E-state index >= 15 is 0 Å². The van der Waals surface area contributed by atoms with Gasteiger partial charge < -0.3 is 15.3 Å². The number of likely N-dealkylation sites (tertiary alicyclic amines) is 1. The zero-order valence-corrected chi connectivity index (χ0v) is 11.8. The molecule has 2 N–H and O–H groups in total. The quantitative estimate of drug-likeness (QED) is 0.738. The maximum Gasteiger partial charge on any atom is 0.255 e. The van der Waals surface area contributed by atoms with E-state index in [1.807, 2.05) is 25.7 Å². The molecule has 0 spiro atoms. The maximum atomic E-state index is 12.6. The standard InChI is InChI=1S/C14H26N2O2/c1-13(2,3)14(18)7-4-10-16(12(14)17)11-5-8-15-9-6-11/h11,15,18H,4-10H2,1-3H3/t14-/m0/s1. The van der Waals surface area contributed by atoms with Gasteiger partial charge in [-0.3, -0.25) is 4.79 Å². The highest BCUT2D eigenvalue weighted by molar-refractivity contribution is 5.87. The van der Waals surface area contributed by atoms with Gasteiger partial charge in [-0.1, -0.05) is 20.8 Å². The fraction of sp³-hybridized carbons (Fsp3) is 0.929. The first kappa shape index (κ1) is 13.8. The van der Waals surface area contributed by atoms with Gasteiger partial charge in [0.1, 0.15) is 5.60 Å². The van der Waals surface area contributed by atoms with E-state index in [1.54, 1.807) is 0 Å². The topological polar surface area (TPSA) is 52.6 Å².